The maximum absolute atomic E-state index is 10.6. The van der Waals surface area contributed by atoms with Crippen molar-refractivity contribution >= 4 is 11.9 Å². The van der Waals surface area contributed by atoms with E-state index in [0.29, 0.717) is 0 Å². The molecule has 0 aliphatic heterocycles. The number of carboxylic acid groups (broad SMARTS) is 1. The topological polar surface area (TPSA) is 57.6 Å². The predicted octanol–water partition coefficient (Wildman–Crippen LogP) is -0.0622. The van der Waals surface area contributed by atoms with Crippen molar-refractivity contribution in [3.05, 3.63) is 0 Å². The van der Waals surface area contributed by atoms with Crippen LogP contribution in [0.25, 0.3) is 0 Å². The summed E-state index contributed by atoms with van der Waals surface area (Å²) in [5.74, 6) is -1.23. The van der Waals surface area contributed by atoms with Gasteiger partial charge in [-0.3, -0.25) is 4.79 Å². The summed E-state index contributed by atoms with van der Waals surface area (Å²) in [6.45, 7) is 2.79. The Kier molecular flexibility index (Phi) is 2.86. The van der Waals surface area contributed by atoms with E-state index >= 15 is 0 Å². The van der Waals surface area contributed by atoms with Crippen molar-refractivity contribution in [1.82, 2.24) is 4.90 Å². The van der Waals surface area contributed by atoms with E-state index in [4.69, 9.17) is 5.11 Å². The molecular weight excluding hydrogens is 134 g/mol. The standard InChI is InChI=1S/C6H11NO3/c1-4(6(9)10)7(3)5(2)8/h4H,1-3H3,(H,9,10)/t4-/m0/s1. The molecule has 0 saturated carbocycles. The third-order valence-electron chi connectivity index (χ3n) is 1.44. The highest BCUT2D eigenvalue weighted by atomic mass is 16.4. The molecule has 1 amide bonds. The van der Waals surface area contributed by atoms with Crippen LogP contribution in [0.4, 0.5) is 0 Å². The van der Waals surface area contributed by atoms with E-state index in [9.17, 15) is 9.59 Å². The maximum Gasteiger partial charge on any atom is 0.326 e. The molecule has 0 bridgehead atoms. The van der Waals surface area contributed by atoms with Crippen molar-refractivity contribution in [3.8, 4) is 0 Å². The molecule has 4 heteroatoms. The van der Waals surface area contributed by atoms with Crippen LogP contribution >= 0.6 is 0 Å². The first-order chi connectivity index (χ1) is 4.46. The van der Waals surface area contributed by atoms with Gasteiger partial charge >= 0.3 is 5.97 Å². The highest BCUT2D eigenvalue weighted by Crippen LogP contribution is 1.94. The maximum atomic E-state index is 10.6. The predicted molar refractivity (Wildman–Crippen MR) is 35.5 cm³/mol. The van der Waals surface area contributed by atoms with Gasteiger partial charge in [-0.25, -0.2) is 4.79 Å². The van der Waals surface area contributed by atoms with Crippen molar-refractivity contribution in [2.75, 3.05) is 7.05 Å². The Hall–Kier alpha value is -1.06. The average molecular weight is 145 g/mol. The van der Waals surface area contributed by atoms with Gasteiger partial charge in [0, 0.05) is 14.0 Å². The zero-order valence-electron chi connectivity index (χ0n) is 6.29. The van der Waals surface area contributed by atoms with Gasteiger partial charge in [0.25, 0.3) is 0 Å². The number of rotatable bonds is 2. The molecule has 4 nitrogen and oxygen atoms in total. The molecule has 0 spiro atoms. The van der Waals surface area contributed by atoms with Crippen LogP contribution in [-0.2, 0) is 9.59 Å². The number of carbonyl (C=O) groups excluding carboxylic acids is 1. The lowest BCUT2D eigenvalue weighted by Crippen LogP contribution is -2.38. The van der Waals surface area contributed by atoms with Crippen LogP contribution in [0.2, 0.25) is 0 Å². The van der Waals surface area contributed by atoms with Gasteiger partial charge in [-0.15, -0.1) is 0 Å². The highest BCUT2D eigenvalue weighted by Gasteiger charge is 2.17. The van der Waals surface area contributed by atoms with E-state index < -0.39 is 12.0 Å². The van der Waals surface area contributed by atoms with Gasteiger partial charge < -0.3 is 10.0 Å². The summed E-state index contributed by atoms with van der Waals surface area (Å²) in [6.07, 6.45) is 0. The molecular formula is C6H11NO3. The van der Waals surface area contributed by atoms with Crippen LogP contribution in [0.5, 0.6) is 0 Å². The smallest absolute Gasteiger partial charge is 0.326 e. The number of carbonyl (C=O) groups is 2. The van der Waals surface area contributed by atoms with Gasteiger partial charge in [0.1, 0.15) is 6.04 Å². The van der Waals surface area contributed by atoms with E-state index in [1.807, 2.05) is 0 Å². The summed E-state index contributed by atoms with van der Waals surface area (Å²) < 4.78 is 0. The molecule has 0 saturated heterocycles. The third-order valence-corrected chi connectivity index (χ3v) is 1.44. The lowest BCUT2D eigenvalue weighted by molar-refractivity contribution is -0.147. The Morgan fingerprint density at radius 2 is 1.90 bits per heavy atom. The second-order valence-electron chi connectivity index (χ2n) is 2.14. The first kappa shape index (κ1) is 8.94. The normalized spacial score (nSPS) is 12.3. The molecule has 0 aliphatic rings. The van der Waals surface area contributed by atoms with Crippen LogP contribution in [0.15, 0.2) is 0 Å². The number of hydrogen-bond acceptors (Lipinski definition) is 2. The van der Waals surface area contributed by atoms with E-state index in [0.717, 1.165) is 0 Å². The molecule has 0 rings (SSSR count). The zero-order chi connectivity index (χ0) is 8.31. The molecule has 0 unspecified atom stereocenters. The number of carboxylic acids is 1. The number of likely N-dealkylation sites (N-methyl/N-ethyl adjacent to an activating group) is 1. The van der Waals surface area contributed by atoms with Gasteiger partial charge in [-0.1, -0.05) is 0 Å². The second-order valence-corrected chi connectivity index (χ2v) is 2.14. The Morgan fingerprint density at radius 1 is 1.50 bits per heavy atom. The quantitative estimate of drug-likeness (QED) is 0.592. The van der Waals surface area contributed by atoms with Crippen LogP contribution in [0, 0.1) is 0 Å². The van der Waals surface area contributed by atoms with E-state index in [2.05, 4.69) is 0 Å². The molecule has 0 aromatic carbocycles. The van der Waals surface area contributed by atoms with E-state index in [1.54, 1.807) is 0 Å². The Morgan fingerprint density at radius 3 is 2.00 bits per heavy atom. The summed E-state index contributed by atoms with van der Waals surface area (Å²) in [4.78, 5) is 22.0. The van der Waals surface area contributed by atoms with Gasteiger partial charge in [0.2, 0.25) is 5.91 Å². The van der Waals surface area contributed by atoms with Crippen molar-refractivity contribution in [3.63, 3.8) is 0 Å². The number of hydrogen-bond donors (Lipinski definition) is 1. The minimum absolute atomic E-state index is 0.241. The summed E-state index contributed by atoms with van der Waals surface area (Å²) in [6, 6.07) is -0.738. The fourth-order valence-electron chi connectivity index (χ4n) is 0.438. The summed E-state index contributed by atoms with van der Waals surface area (Å²) in [5.41, 5.74) is 0. The zero-order valence-corrected chi connectivity index (χ0v) is 6.29. The molecule has 1 atom stereocenters. The van der Waals surface area contributed by atoms with Gasteiger partial charge in [0.15, 0.2) is 0 Å². The van der Waals surface area contributed by atoms with E-state index in [-0.39, 0.29) is 5.91 Å². The van der Waals surface area contributed by atoms with Crippen molar-refractivity contribution in [2.24, 2.45) is 0 Å². The van der Waals surface area contributed by atoms with E-state index in [1.165, 1.54) is 25.8 Å². The van der Waals surface area contributed by atoms with Crippen molar-refractivity contribution in [2.45, 2.75) is 19.9 Å². The van der Waals surface area contributed by atoms with Crippen LogP contribution < -0.4 is 0 Å². The molecule has 10 heavy (non-hydrogen) atoms. The number of nitrogens with zero attached hydrogens (tertiary/aromatic N) is 1. The van der Waals surface area contributed by atoms with Gasteiger partial charge in [-0.2, -0.15) is 0 Å². The second kappa shape index (κ2) is 3.20. The SMILES string of the molecule is CC(=O)N(C)[C@@H](C)C(=O)O. The first-order valence-corrected chi connectivity index (χ1v) is 2.93. The Bertz CT molecular complexity index is 137. The number of aliphatic carboxylic acids is 1. The molecule has 0 aromatic heterocycles. The molecule has 0 aliphatic carbocycles. The summed E-state index contributed by atoms with van der Waals surface area (Å²) >= 11 is 0. The summed E-state index contributed by atoms with van der Waals surface area (Å²) in [5, 5.41) is 8.41. The first-order valence-electron chi connectivity index (χ1n) is 2.93. The molecule has 0 heterocycles. The van der Waals surface area contributed by atoms with Crippen LogP contribution in [-0.4, -0.2) is 35.0 Å². The largest absolute Gasteiger partial charge is 0.480 e. The average Bonchev–Trinajstić information content (AvgIpc) is 1.84. The van der Waals surface area contributed by atoms with Gasteiger partial charge in [-0.05, 0) is 6.92 Å². The molecule has 58 valence electrons. The monoisotopic (exact) mass is 145 g/mol. The van der Waals surface area contributed by atoms with Gasteiger partial charge in [0.05, 0.1) is 0 Å². The number of amides is 1. The fraction of sp³-hybridized carbons (Fsp3) is 0.667. The molecule has 0 fully saturated rings. The highest BCUT2D eigenvalue weighted by molar-refractivity contribution is 5.81. The lowest BCUT2D eigenvalue weighted by Gasteiger charge is -2.18. The molecule has 0 aromatic rings. The van der Waals surface area contributed by atoms with Crippen molar-refractivity contribution in [1.29, 1.82) is 0 Å². The fourth-order valence-corrected chi connectivity index (χ4v) is 0.438. The molecule has 1 N–H and O–H groups in total. The van der Waals surface area contributed by atoms with Crippen LogP contribution in [0.3, 0.4) is 0 Å². The lowest BCUT2D eigenvalue weighted by atomic mass is 10.3. The minimum atomic E-state index is -0.988. The Balaban J connectivity index is 4.07. The summed E-state index contributed by atoms with van der Waals surface area (Å²) in [7, 11) is 1.46. The third kappa shape index (κ3) is 2.05. The Labute approximate surface area is 59.4 Å². The minimum Gasteiger partial charge on any atom is -0.480 e. The van der Waals surface area contributed by atoms with Crippen LogP contribution in [0.1, 0.15) is 13.8 Å². The van der Waals surface area contributed by atoms with Crippen molar-refractivity contribution < 1.29 is 14.7 Å². The molecule has 0 radical (unpaired) electrons.